The number of hydrogen-bond acceptors (Lipinski definition) is 5. The fraction of sp³-hybridized carbons (Fsp3) is 0.778. The smallest absolute Gasteiger partial charge is 0.206 e. The Bertz CT molecular complexity index is 272. The molecule has 0 saturated heterocycles. The predicted octanol–water partition coefficient (Wildman–Crippen LogP) is 1.78. The lowest BCUT2D eigenvalue weighted by Crippen LogP contribution is -2.44. The molecule has 0 radical (unpaired) electrons. The second kappa shape index (κ2) is 4.70. The van der Waals surface area contributed by atoms with Crippen LogP contribution in [-0.2, 0) is 0 Å². The van der Waals surface area contributed by atoms with Crippen molar-refractivity contribution in [2.45, 2.75) is 39.2 Å². The summed E-state index contributed by atoms with van der Waals surface area (Å²) in [5.74, 6) is 0. The average Bonchev–Trinajstić information content (AvgIpc) is 2.61. The minimum Gasteiger partial charge on any atom is -0.353 e. The van der Waals surface area contributed by atoms with Crippen LogP contribution < -0.4 is 11.1 Å². The Kier molecular flexibility index (Phi) is 3.83. The Morgan fingerprint density at radius 2 is 2.00 bits per heavy atom. The predicted molar refractivity (Wildman–Crippen MR) is 60.6 cm³/mol. The molecule has 0 spiro atoms. The minimum absolute atomic E-state index is 0.0219. The molecule has 14 heavy (non-hydrogen) atoms. The Balaban J connectivity index is 2.73. The number of nitrogens with one attached hydrogen (secondary N) is 1. The zero-order valence-corrected chi connectivity index (χ0v) is 9.82. The summed E-state index contributed by atoms with van der Waals surface area (Å²) in [6.07, 6.45) is 2.00. The molecule has 1 aromatic heterocycles. The van der Waals surface area contributed by atoms with Crippen LogP contribution in [-0.4, -0.2) is 22.3 Å². The highest BCUT2D eigenvalue weighted by Crippen LogP contribution is 2.23. The van der Waals surface area contributed by atoms with E-state index in [1.54, 1.807) is 11.3 Å². The van der Waals surface area contributed by atoms with Crippen molar-refractivity contribution in [2.24, 2.45) is 5.73 Å². The van der Waals surface area contributed by atoms with Gasteiger partial charge in [0.2, 0.25) is 5.13 Å². The molecular weight excluding hydrogens is 196 g/mol. The molecule has 0 saturated carbocycles. The fourth-order valence-corrected chi connectivity index (χ4v) is 2.05. The molecule has 0 aliphatic rings. The highest BCUT2D eigenvalue weighted by Gasteiger charge is 2.25. The summed E-state index contributed by atoms with van der Waals surface area (Å²) in [6, 6.07) is 0. The monoisotopic (exact) mass is 214 g/mol. The summed E-state index contributed by atoms with van der Waals surface area (Å²) in [5.41, 5.74) is 5.76. The van der Waals surface area contributed by atoms with E-state index in [4.69, 9.17) is 5.73 Å². The molecular formula is C9H18N4S. The van der Waals surface area contributed by atoms with E-state index in [9.17, 15) is 0 Å². The van der Waals surface area contributed by atoms with Crippen LogP contribution >= 0.6 is 11.3 Å². The van der Waals surface area contributed by atoms with Gasteiger partial charge in [0.25, 0.3) is 0 Å². The highest BCUT2D eigenvalue weighted by molar-refractivity contribution is 7.15. The first kappa shape index (κ1) is 11.4. The number of aryl methyl sites for hydroxylation is 1. The van der Waals surface area contributed by atoms with Gasteiger partial charge in [0, 0.05) is 6.54 Å². The second-order valence-electron chi connectivity index (χ2n) is 3.44. The van der Waals surface area contributed by atoms with Gasteiger partial charge < -0.3 is 11.1 Å². The molecule has 5 heteroatoms. The molecule has 80 valence electrons. The van der Waals surface area contributed by atoms with Gasteiger partial charge in [0.15, 0.2) is 0 Å². The molecule has 1 rings (SSSR count). The van der Waals surface area contributed by atoms with E-state index in [0.29, 0.717) is 6.54 Å². The van der Waals surface area contributed by atoms with Crippen molar-refractivity contribution in [1.29, 1.82) is 0 Å². The molecule has 0 amide bonds. The normalized spacial score (nSPS) is 11.7. The maximum absolute atomic E-state index is 5.78. The number of hydrogen-bond donors (Lipinski definition) is 2. The molecule has 1 aromatic rings. The molecule has 4 nitrogen and oxygen atoms in total. The van der Waals surface area contributed by atoms with E-state index in [-0.39, 0.29) is 5.54 Å². The standard InChI is InChI=1S/C9H18N4S/c1-4-9(5-2,6-10)11-8-13-12-7(3)14-8/h4-6,10H2,1-3H3,(H,11,13). The number of aromatic nitrogens is 2. The second-order valence-corrected chi connectivity index (χ2v) is 4.62. The van der Waals surface area contributed by atoms with Crippen molar-refractivity contribution in [3.8, 4) is 0 Å². The molecule has 0 atom stereocenters. The molecule has 1 heterocycles. The number of nitrogens with zero attached hydrogens (tertiary/aromatic N) is 2. The SMILES string of the molecule is CCC(CC)(CN)Nc1nnc(C)s1. The van der Waals surface area contributed by atoms with E-state index in [1.165, 1.54) is 0 Å². The Labute approximate surface area is 88.9 Å². The zero-order valence-electron chi connectivity index (χ0n) is 9.00. The summed E-state index contributed by atoms with van der Waals surface area (Å²) in [4.78, 5) is 0. The van der Waals surface area contributed by atoms with Crippen molar-refractivity contribution >= 4 is 16.5 Å². The van der Waals surface area contributed by atoms with E-state index < -0.39 is 0 Å². The zero-order chi connectivity index (χ0) is 10.6. The molecule has 0 aliphatic carbocycles. The van der Waals surface area contributed by atoms with E-state index in [0.717, 1.165) is 23.0 Å². The molecule has 0 aliphatic heterocycles. The molecule has 0 aromatic carbocycles. The summed E-state index contributed by atoms with van der Waals surface area (Å²) >= 11 is 1.57. The van der Waals surface area contributed by atoms with Crippen molar-refractivity contribution in [3.63, 3.8) is 0 Å². The van der Waals surface area contributed by atoms with Crippen LogP contribution in [0.5, 0.6) is 0 Å². The van der Waals surface area contributed by atoms with Gasteiger partial charge in [-0.2, -0.15) is 0 Å². The quantitative estimate of drug-likeness (QED) is 0.784. The summed E-state index contributed by atoms with van der Waals surface area (Å²) in [7, 11) is 0. The van der Waals surface area contributed by atoms with E-state index >= 15 is 0 Å². The minimum atomic E-state index is -0.0219. The van der Waals surface area contributed by atoms with Crippen LogP contribution in [0.1, 0.15) is 31.7 Å². The van der Waals surface area contributed by atoms with Crippen molar-refractivity contribution in [1.82, 2.24) is 10.2 Å². The largest absolute Gasteiger partial charge is 0.353 e. The third kappa shape index (κ3) is 2.42. The van der Waals surface area contributed by atoms with Gasteiger partial charge in [-0.15, -0.1) is 10.2 Å². The molecule has 0 bridgehead atoms. The van der Waals surface area contributed by atoms with Crippen molar-refractivity contribution in [3.05, 3.63) is 5.01 Å². The van der Waals surface area contributed by atoms with Gasteiger partial charge in [-0.1, -0.05) is 25.2 Å². The van der Waals surface area contributed by atoms with Crippen LogP contribution in [0.25, 0.3) is 0 Å². The summed E-state index contributed by atoms with van der Waals surface area (Å²) < 4.78 is 0. The van der Waals surface area contributed by atoms with Gasteiger partial charge in [0.1, 0.15) is 5.01 Å². The van der Waals surface area contributed by atoms with Gasteiger partial charge in [0.05, 0.1) is 5.54 Å². The Morgan fingerprint density at radius 3 is 2.36 bits per heavy atom. The van der Waals surface area contributed by atoms with Crippen LogP contribution in [0.2, 0.25) is 0 Å². The third-order valence-corrected chi connectivity index (χ3v) is 3.40. The first-order valence-corrected chi connectivity index (χ1v) is 5.76. The first-order chi connectivity index (χ1) is 6.65. The van der Waals surface area contributed by atoms with Gasteiger partial charge >= 0.3 is 0 Å². The van der Waals surface area contributed by atoms with Crippen LogP contribution in [0, 0.1) is 6.92 Å². The van der Waals surface area contributed by atoms with Gasteiger partial charge in [-0.3, -0.25) is 0 Å². The van der Waals surface area contributed by atoms with Crippen LogP contribution in [0.3, 0.4) is 0 Å². The number of nitrogens with two attached hydrogens (primary N) is 1. The summed E-state index contributed by atoms with van der Waals surface area (Å²) in [5, 5.41) is 13.2. The van der Waals surface area contributed by atoms with Crippen LogP contribution in [0.15, 0.2) is 0 Å². The van der Waals surface area contributed by atoms with Gasteiger partial charge in [-0.05, 0) is 19.8 Å². The summed E-state index contributed by atoms with van der Waals surface area (Å²) in [6.45, 7) is 6.85. The molecule has 3 N–H and O–H groups in total. The Morgan fingerprint density at radius 1 is 1.36 bits per heavy atom. The van der Waals surface area contributed by atoms with E-state index in [2.05, 4.69) is 29.4 Å². The van der Waals surface area contributed by atoms with E-state index in [1.807, 2.05) is 6.92 Å². The first-order valence-electron chi connectivity index (χ1n) is 4.94. The Hall–Kier alpha value is -0.680. The molecule has 0 unspecified atom stereocenters. The lowest BCUT2D eigenvalue weighted by Gasteiger charge is -2.30. The van der Waals surface area contributed by atoms with Crippen molar-refractivity contribution in [2.75, 3.05) is 11.9 Å². The fourth-order valence-electron chi connectivity index (χ4n) is 1.34. The molecule has 0 fully saturated rings. The van der Waals surface area contributed by atoms with Crippen molar-refractivity contribution < 1.29 is 0 Å². The maximum Gasteiger partial charge on any atom is 0.206 e. The lowest BCUT2D eigenvalue weighted by atomic mass is 9.93. The van der Waals surface area contributed by atoms with Crippen LogP contribution in [0.4, 0.5) is 5.13 Å². The number of rotatable bonds is 5. The average molecular weight is 214 g/mol. The highest BCUT2D eigenvalue weighted by atomic mass is 32.1. The topological polar surface area (TPSA) is 63.8 Å². The maximum atomic E-state index is 5.78. The number of anilines is 1. The third-order valence-electron chi connectivity index (χ3n) is 2.64. The lowest BCUT2D eigenvalue weighted by molar-refractivity contribution is 0.444. The van der Waals surface area contributed by atoms with Gasteiger partial charge in [-0.25, -0.2) is 0 Å².